The van der Waals surface area contributed by atoms with Crippen LogP contribution in [0.4, 0.5) is 0 Å². The lowest BCUT2D eigenvalue weighted by atomic mass is 9.82. The van der Waals surface area contributed by atoms with Crippen LogP contribution in [-0.2, 0) is 19.4 Å². The van der Waals surface area contributed by atoms with Gasteiger partial charge in [0.05, 0.1) is 0 Å². The van der Waals surface area contributed by atoms with Crippen LogP contribution in [0.1, 0.15) is 18.3 Å². The van der Waals surface area contributed by atoms with Gasteiger partial charge >= 0.3 is 0 Å². The molecule has 0 atom stereocenters. The minimum absolute atomic E-state index is 0.190. The molecule has 0 bridgehead atoms. The minimum Gasteiger partial charge on any atom is -0.250 e. The normalized spacial score (nSPS) is 11.8. The fraction of sp³-hybridized carbons (Fsp3) is 0.467. The summed E-state index contributed by atoms with van der Waals surface area (Å²) in [5, 5.41) is 4.21. The van der Waals surface area contributed by atoms with E-state index in [2.05, 4.69) is 29.1 Å². The molecule has 0 fully saturated rings. The molecule has 0 unspecified atom stereocenters. The van der Waals surface area contributed by atoms with Crippen LogP contribution in [0.5, 0.6) is 0 Å². The predicted molar refractivity (Wildman–Crippen MR) is 83.4 cm³/mol. The summed E-state index contributed by atoms with van der Waals surface area (Å²) < 4.78 is 1.90. The van der Waals surface area contributed by atoms with E-state index in [9.17, 15) is 0 Å². The number of halogens is 2. The van der Waals surface area contributed by atoms with E-state index in [4.69, 9.17) is 23.2 Å². The molecule has 0 aliphatic carbocycles. The van der Waals surface area contributed by atoms with Crippen LogP contribution in [0.2, 0.25) is 0 Å². The lowest BCUT2D eigenvalue weighted by Gasteiger charge is -2.29. The summed E-state index contributed by atoms with van der Waals surface area (Å²) in [5.74, 6) is 1.95. The Morgan fingerprint density at radius 1 is 1.10 bits per heavy atom. The molecule has 20 heavy (non-hydrogen) atoms. The highest BCUT2D eigenvalue weighted by Crippen LogP contribution is 2.30. The lowest BCUT2D eigenvalue weighted by molar-refractivity contribution is 0.356. The third-order valence-electron chi connectivity index (χ3n) is 3.52. The molecule has 0 spiro atoms. The monoisotopic (exact) mass is 311 g/mol. The smallest absolute Gasteiger partial charge is 0.138 e. The van der Waals surface area contributed by atoms with E-state index in [-0.39, 0.29) is 5.41 Å². The number of hydrogen-bond donors (Lipinski definition) is 0. The first-order chi connectivity index (χ1) is 9.73. The standard InChI is InChI=1S/C15H19Cl2N3/c1-2-20-14(18-12-19-20)9-15(10-16,11-17)8-13-6-4-3-5-7-13/h3-7,12H,2,8-11H2,1H3. The highest BCUT2D eigenvalue weighted by molar-refractivity contribution is 6.21. The first-order valence-electron chi connectivity index (χ1n) is 6.75. The van der Waals surface area contributed by atoms with Crippen molar-refractivity contribution in [3.05, 3.63) is 48.0 Å². The second-order valence-corrected chi connectivity index (χ2v) is 5.63. The van der Waals surface area contributed by atoms with E-state index >= 15 is 0 Å². The molecule has 0 saturated heterocycles. The number of aryl methyl sites for hydroxylation is 1. The quantitative estimate of drug-likeness (QED) is 0.732. The summed E-state index contributed by atoms with van der Waals surface area (Å²) in [6, 6.07) is 10.3. The van der Waals surface area contributed by atoms with Gasteiger partial charge < -0.3 is 0 Å². The number of alkyl halides is 2. The minimum atomic E-state index is -0.190. The van der Waals surface area contributed by atoms with E-state index in [0.29, 0.717) is 11.8 Å². The molecule has 0 amide bonds. The van der Waals surface area contributed by atoms with Crippen molar-refractivity contribution < 1.29 is 0 Å². The fourth-order valence-corrected chi connectivity index (χ4v) is 3.00. The van der Waals surface area contributed by atoms with E-state index in [1.165, 1.54) is 5.56 Å². The largest absolute Gasteiger partial charge is 0.250 e. The van der Waals surface area contributed by atoms with Gasteiger partial charge in [-0.15, -0.1) is 23.2 Å². The van der Waals surface area contributed by atoms with Crippen molar-refractivity contribution in [1.29, 1.82) is 0 Å². The van der Waals surface area contributed by atoms with Crippen molar-refractivity contribution in [3.63, 3.8) is 0 Å². The van der Waals surface area contributed by atoms with Gasteiger partial charge in [0.25, 0.3) is 0 Å². The van der Waals surface area contributed by atoms with Gasteiger partial charge in [-0.3, -0.25) is 4.68 Å². The predicted octanol–water partition coefficient (Wildman–Crippen LogP) is 3.55. The Balaban J connectivity index is 2.21. The Bertz CT molecular complexity index is 521. The second-order valence-electron chi connectivity index (χ2n) is 5.10. The molecule has 5 heteroatoms. The molecule has 2 rings (SSSR count). The van der Waals surface area contributed by atoms with Gasteiger partial charge in [0.15, 0.2) is 0 Å². The van der Waals surface area contributed by atoms with Crippen LogP contribution in [0.25, 0.3) is 0 Å². The number of nitrogens with zero attached hydrogens (tertiary/aromatic N) is 3. The lowest BCUT2D eigenvalue weighted by Crippen LogP contribution is -2.32. The Morgan fingerprint density at radius 2 is 1.80 bits per heavy atom. The molecular weight excluding hydrogens is 293 g/mol. The van der Waals surface area contributed by atoms with Gasteiger partial charge in [0.1, 0.15) is 12.2 Å². The number of aromatic nitrogens is 3. The maximum Gasteiger partial charge on any atom is 0.138 e. The van der Waals surface area contributed by atoms with Crippen LogP contribution in [-0.4, -0.2) is 26.5 Å². The maximum atomic E-state index is 6.24. The SMILES string of the molecule is CCn1ncnc1CC(CCl)(CCl)Cc1ccccc1. The third-order valence-corrected chi connectivity index (χ3v) is 4.65. The molecule has 108 valence electrons. The molecule has 2 aromatic rings. The highest BCUT2D eigenvalue weighted by Gasteiger charge is 2.31. The van der Waals surface area contributed by atoms with Gasteiger partial charge in [-0.25, -0.2) is 4.98 Å². The van der Waals surface area contributed by atoms with Crippen molar-refractivity contribution in [2.45, 2.75) is 26.3 Å². The fourth-order valence-electron chi connectivity index (χ4n) is 2.34. The molecule has 1 aromatic heterocycles. The molecule has 3 nitrogen and oxygen atoms in total. The van der Waals surface area contributed by atoms with Crippen molar-refractivity contribution >= 4 is 23.2 Å². The van der Waals surface area contributed by atoms with Gasteiger partial charge in [-0.1, -0.05) is 30.3 Å². The summed E-state index contributed by atoms with van der Waals surface area (Å²) in [7, 11) is 0. The Hall–Kier alpha value is -1.06. The average molecular weight is 312 g/mol. The molecule has 0 saturated carbocycles. The molecule has 0 N–H and O–H groups in total. The van der Waals surface area contributed by atoms with E-state index in [1.807, 2.05) is 22.9 Å². The summed E-state index contributed by atoms with van der Waals surface area (Å²) in [4.78, 5) is 4.34. The van der Waals surface area contributed by atoms with Crippen molar-refractivity contribution in [2.24, 2.45) is 5.41 Å². The summed E-state index contributed by atoms with van der Waals surface area (Å²) >= 11 is 12.5. The topological polar surface area (TPSA) is 30.7 Å². The van der Waals surface area contributed by atoms with Crippen molar-refractivity contribution in [3.8, 4) is 0 Å². The van der Waals surface area contributed by atoms with Crippen molar-refractivity contribution in [1.82, 2.24) is 14.8 Å². The van der Waals surface area contributed by atoms with Gasteiger partial charge in [0.2, 0.25) is 0 Å². The number of hydrogen-bond acceptors (Lipinski definition) is 2. The van der Waals surface area contributed by atoms with E-state index in [1.54, 1.807) is 6.33 Å². The first kappa shape index (κ1) is 15.3. The Kier molecular flexibility index (Phi) is 5.44. The van der Waals surface area contributed by atoms with E-state index < -0.39 is 0 Å². The van der Waals surface area contributed by atoms with Gasteiger partial charge in [-0.2, -0.15) is 5.10 Å². The zero-order valence-corrected chi connectivity index (χ0v) is 13.1. The van der Waals surface area contributed by atoms with Crippen LogP contribution in [0.3, 0.4) is 0 Å². The van der Waals surface area contributed by atoms with Crippen LogP contribution in [0.15, 0.2) is 36.7 Å². The van der Waals surface area contributed by atoms with Gasteiger partial charge in [0, 0.05) is 30.1 Å². The molecule has 1 aromatic carbocycles. The number of rotatable bonds is 7. The van der Waals surface area contributed by atoms with Crippen LogP contribution < -0.4 is 0 Å². The maximum absolute atomic E-state index is 6.24. The molecule has 0 radical (unpaired) electrons. The zero-order valence-electron chi connectivity index (χ0n) is 11.6. The summed E-state index contributed by atoms with van der Waals surface area (Å²) in [6.45, 7) is 2.86. The third kappa shape index (κ3) is 3.53. The Morgan fingerprint density at radius 3 is 2.40 bits per heavy atom. The molecule has 1 heterocycles. The number of benzene rings is 1. The van der Waals surface area contributed by atoms with Crippen molar-refractivity contribution in [2.75, 3.05) is 11.8 Å². The van der Waals surface area contributed by atoms with Crippen LogP contribution in [0, 0.1) is 5.41 Å². The highest BCUT2D eigenvalue weighted by atomic mass is 35.5. The summed E-state index contributed by atoms with van der Waals surface area (Å²) in [5.41, 5.74) is 1.06. The molecular formula is C15H19Cl2N3. The molecule has 0 aliphatic heterocycles. The average Bonchev–Trinajstić information content (AvgIpc) is 2.94. The van der Waals surface area contributed by atoms with Crippen LogP contribution >= 0.6 is 23.2 Å². The Labute approximate surface area is 129 Å². The first-order valence-corrected chi connectivity index (χ1v) is 7.82. The van der Waals surface area contributed by atoms with E-state index in [0.717, 1.165) is 25.2 Å². The molecule has 0 aliphatic rings. The second kappa shape index (κ2) is 7.09. The van der Waals surface area contributed by atoms with Gasteiger partial charge in [-0.05, 0) is 18.9 Å². The summed E-state index contributed by atoms with van der Waals surface area (Å²) in [6.07, 6.45) is 3.18. The zero-order chi connectivity index (χ0) is 14.4.